The molecule has 27 heavy (non-hydrogen) atoms. The number of halogens is 1. The summed E-state index contributed by atoms with van der Waals surface area (Å²) >= 11 is 7.56. The number of hydrogen-bond donors (Lipinski definition) is 1. The maximum absolute atomic E-state index is 12.3. The molecule has 1 aromatic heterocycles. The first kappa shape index (κ1) is 17.8. The molecule has 0 spiro atoms. The van der Waals surface area contributed by atoms with Crippen molar-refractivity contribution in [1.82, 2.24) is 10.0 Å². The summed E-state index contributed by atoms with van der Waals surface area (Å²) in [5, 5.41) is 7.66. The second-order valence-electron chi connectivity index (χ2n) is 5.91. The number of hydroxylamine groups is 2. The molecule has 138 valence electrons. The zero-order valence-corrected chi connectivity index (χ0v) is 16.2. The number of thiazole rings is 1. The first-order valence-electron chi connectivity index (χ1n) is 8.17. The Bertz CT molecular complexity index is 1010. The molecule has 3 aromatic rings. The van der Waals surface area contributed by atoms with E-state index in [1.165, 1.54) is 18.4 Å². The second kappa shape index (κ2) is 7.19. The Kier molecular flexibility index (Phi) is 4.73. The topological polar surface area (TPSA) is 63.7 Å². The van der Waals surface area contributed by atoms with E-state index in [1.807, 2.05) is 36.4 Å². The van der Waals surface area contributed by atoms with Crippen LogP contribution in [-0.4, -0.2) is 30.1 Å². The molecule has 2 heterocycles. The Hall–Kier alpha value is -2.61. The normalized spacial score (nSPS) is 15.0. The molecule has 0 bridgehead atoms. The van der Waals surface area contributed by atoms with Crippen LogP contribution in [0.5, 0.6) is 11.5 Å². The van der Waals surface area contributed by atoms with Crippen LogP contribution in [0.1, 0.15) is 27.1 Å². The third-order valence-electron chi connectivity index (χ3n) is 4.24. The highest BCUT2D eigenvalue weighted by Crippen LogP contribution is 2.43. The predicted octanol–water partition coefficient (Wildman–Crippen LogP) is 4.74. The molecule has 1 N–H and O–H groups in total. The van der Waals surface area contributed by atoms with Gasteiger partial charge in [0.1, 0.15) is 22.5 Å². The summed E-state index contributed by atoms with van der Waals surface area (Å²) in [6, 6.07) is 12.9. The van der Waals surface area contributed by atoms with Gasteiger partial charge in [-0.15, -0.1) is 11.3 Å². The molecule has 1 aliphatic rings. The van der Waals surface area contributed by atoms with E-state index in [9.17, 15) is 4.79 Å². The zero-order valence-electron chi connectivity index (χ0n) is 14.6. The lowest BCUT2D eigenvalue weighted by Crippen LogP contribution is -2.25. The van der Waals surface area contributed by atoms with Crippen LogP contribution in [0.4, 0.5) is 5.69 Å². The molecule has 8 heteroatoms. The summed E-state index contributed by atoms with van der Waals surface area (Å²) in [5.74, 6) is 1.11. The quantitative estimate of drug-likeness (QED) is 0.642. The number of para-hydroxylation sites is 1. The van der Waals surface area contributed by atoms with E-state index in [0.29, 0.717) is 16.5 Å². The Balaban J connectivity index is 1.77. The van der Waals surface area contributed by atoms with Gasteiger partial charge < -0.3 is 10.1 Å². The number of nitrogens with zero attached hydrogens (tertiary/aromatic N) is 2. The van der Waals surface area contributed by atoms with E-state index >= 15 is 0 Å². The number of carbonyl (C=O) groups is 1. The number of hydrogen-bond acceptors (Lipinski definition) is 6. The number of ether oxygens (including phenoxy) is 1. The average Bonchev–Trinajstić information content (AvgIpc) is 3.11. The maximum Gasteiger partial charge on any atom is 0.296 e. The van der Waals surface area contributed by atoms with Gasteiger partial charge in [0.15, 0.2) is 5.75 Å². The SMILES string of the molecule is CON(C)C(=O)c1csc(C2Nc3cc(Cl)ccc3Oc3ccccc32)n1. The molecule has 6 nitrogen and oxygen atoms in total. The predicted molar refractivity (Wildman–Crippen MR) is 105 cm³/mol. The Morgan fingerprint density at radius 1 is 1.30 bits per heavy atom. The fraction of sp³-hybridized carbons (Fsp3) is 0.158. The van der Waals surface area contributed by atoms with Crippen LogP contribution in [0.25, 0.3) is 0 Å². The molecule has 1 amide bonds. The van der Waals surface area contributed by atoms with Gasteiger partial charge in [-0.3, -0.25) is 9.63 Å². The molecule has 0 radical (unpaired) electrons. The van der Waals surface area contributed by atoms with Crippen LogP contribution >= 0.6 is 22.9 Å². The molecule has 1 unspecified atom stereocenters. The van der Waals surface area contributed by atoms with Gasteiger partial charge in [-0.25, -0.2) is 10.0 Å². The van der Waals surface area contributed by atoms with E-state index in [-0.39, 0.29) is 11.9 Å². The van der Waals surface area contributed by atoms with Crippen LogP contribution in [-0.2, 0) is 4.84 Å². The minimum Gasteiger partial charge on any atom is -0.455 e. The van der Waals surface area contributed by atoms with Gasteiger partial charge in [0.05, 0.1) is 12.8 Å². The Morgan fingerprint density at radius 3 is 2.93 bits per heavy atom. The van der Waals surface area contributed by atoms with Crippen LogP contribution in [0.15, 0.2) is 47.8 Å². The number of carbonyl (C=O) groups excluding carboxylic acids is 1. The van der Waals surface area contributed by atoms with E-state index in [2.05, 4.69) is 10.3 Å². The minimum atomic E-state index is -0.304. The first-order valence-corrected chi connectivity index (χ1v) is 9.43. The number of nitrogens with one attached hydrogen (secondary N) is 1. The van der Waals surface area contributed by atoms with Crippen LogP contribution in [0, 0.1) is 0 Å². The first-order chi connectivity index (χ1) is 13.1. The van der Waals surface area contributed by atoms with E-state index in [1.54, 1.807) is 18.5 Å². The van der Waals surface area contributed by atoms with Gasteiger partial charge in [-0.1, -0.05) is 29.8 Å². The van der Waals surface area contributed by atoms with Gasteiger partial charge in [0.2, 0.25) is 0 Å². The average molecular weight is 402 g/mol. The van der Waals surface area contributed by atoms with Gasteiger partial charge in [-0.2, -0.15) is 0 Å². The summed E-state index contributed by atoms with van der Waals surface area (Å²) in [4.78, 5) is 21.8. The van der Waals surface area contributed by atoms with Crippen molar-refractivity contribution in [2.75, 3.05) is 19.5 Å². The van der Waals surface area contributed by atoms with Gasteiger partial charge in [0.25, 0.3) is 5.91 Å². The summed E-state index contributed by atoms with van der Waals surface area (Å²) < 4.78 is 6.08. The molecule has 0 fully saturated rings. The van der Waals surface area contributed by atoms with Crippen LogP contribution in [0.3, 0.4) is 0 Å². The monoisotopic (exact) mass is 401 g/mol. The molecule has 2 aromatic carbocycles. The maximum atomic E-state index is 12.3. The van der Waals surface area contributed by atoms with Gasteiger partial charge in [-0.05, 0) is 24.3 Å². The summed E-state index contributed by atoms with van der Waals surface area (Å²) in [5.41, 5.74) is 2.02. The summed E-state index contributed by atoms with van der Waals surface area (Å²) in [6.45, 7) is 0. The van der Waals surface area contributed by atoms with E-state index in [4.69, 9.17) is 21.2 Å². The standard InChI is InChI=1S/C19H16ClN3O3S/c1-23(25-2)19(24)14-10-27-18(22-14)17-12-5-3-4-6-15(12)26-16-8-7-11(20)9-13(16)21-17/h3-10,17,21H,1-2H3. The Morgan fingerprint density at radius 2 is 2.11 bits per heavy atom. The summed E-state index contributed by atoms with van der Waals surface area (Å²) in [7, 11) is 2.99. The molecular formula is C19H16ClN3O3S. The van der Waals surface area contributed by atoms with Crippen LogP contribution < -0.4 is 10.1 Å². The fourth-order valence-corrected chi connectivity index (χ4v) is 3.86. The molecule has 0 saturated carbocycles. The smallest absolute Gasteiger partial charge is 0.296 e. The van der Waals surface area contributed by atoms with Crippen molar-refractivity contribution in [2.45, 2.75) is 6.04 Å². The molecule has 1 atom stereocenters. The minimum absolute atomic E-state index is 0.277. The molecule has 0 aliphatic carbocycles. The number of rotatable bonds is 3. The van der Waals surface area contributed by atoms with Crippen molar-refractivity contribution >= 4 is 34.5 Å². The number of benzene rings is 2. The lowest BCUT2D eigenvalue weighted by molar-refractivity contribution is -0.0760. The van der Waals surface area contributed by atoms with Crippen molar-refractivity contribution in [3.05, 3.63) is 69.1 Å². The van der Waals surface area contributed by atoms with Crippen molar-refractivity contribution in [3.63, 3.8) is 0 Å². The fourth-order valence-electron chi connectivity index (χ4n) is 2.83. The lowest BCUT2D eigenvalue weighted by Gasteiger charge is -2.17. The summed E-state index contributed by atoms with van der Waals surface area (Å²) in [6.07, 6.45) is 0. The molecule has 1 aliphatic heterocycles. The van der Waals surface area contributed by atoms with Crippen molar-refractivity contribution in [3.8, 4) is 11.5 Å². The van der Waals surface area contributed by atoms with Gasteiger partial charge in [0, 0.05) is 23.0 Å². The van der Waals surface area contributed by atoms with Crippen LogP contribution in [0.2, 0.25) is 5.02 Å². The number of aromatic nitrogens is 1. The highest BCUT2D eigenvalue weighted by atomic mass is 35.5. The Labute approximate surface area is 165 Å². The van der Waals surface area contributed by atoms with E-state index in [0.717, 1.165) is 27.1 Å². The van der Waals surface area contributed by atoms with Crippen molar-refractivity contribution in [1.29, 1.82) is 0 Å². The van der Waals surface area contributed by atoms with Gasteiger partial charge >= 0.3 is 0 Å². The third-order valence-corrected chi connectivity index (χ3v) is 5.38. The third kappa shape index (κ3) is 3.37. The second-order valence-corrected chi connectivity index (χ2v) is 7.24. The zero-order chi connectivity index (χ0) is 19.0. The lowest BCUT2D eigenvalue weighted by atomic mass is 10.1. The highest BCUT2D eigenvalue weighted by Gasteiger charge is 2.27. The van der Waals surface area contributed by atoms with Crippen molar-refractivity contribution in [2.24, 2.45) is 0 Å². The van der Waals surface area contributed by atoms with E-state index < -0.39 is 0 Å². The number of amides is 1. The highest BCUT2D eigenvalue weighted by molar-refractivity contribution is 7.10. The largest absolute Gasteiger partial charge is 0.455 e. The number of anilines is 1. The number of fused-ring (bicyclic) bond motifs is 2. The molecule has 4 rings (SSSR count). The molecular weight excluding hydrogens is 386 g/mol. The van der Waals surface area contributed by atoms with Crippen molar-refractivity contribution < 1.29 is 14.4 Å². The molecule has 0 saturated heterocycles.